The number of hydrazone groups is 1. The summed E-state index contributed by atoms with van der Waals surface area (Å²) in [5, 5.41) is 13.8. The van der Waals surface area contributed by atoms with E-state index >= 15 is 0 Å². The number of carbonyl (C=O) groups excluding carboxylic acids is 1. The summed E-state index contributed by atoms with van der Waals surface area (Å²) in [6, 6.07) is 10.4. The minimum absolute atomic E-state index is 0.0175. The molecular formula is C17H17BrN2O4. The van der Waals surface area contributed by atoms with Gasteiger partial charge in [0.15, 0.2) is 0 Å². The average molecular weight is 393 g/mol. The van der Waals surface area contributed by atoms with Crippen LogP contribution in [0.15, 0.2) is 46.0 Å². The number of halogens is 1. The van der Waals surface area contributed by atoms with Crippen LogP contribution in [0.3, 0.4) is 0 Å². The zero-order valence-corrected chi connectivity index (χ0v) is 14.8. The molecule has 0 aliphatic rings. The number of benzene rings is 2. The maximum atomic E-state index is 11.9. The zero-order valence-electron chi connectivity index (χ0n) is 13.2. The molecule has 0 heterocycles. The zero-order chi connectivity index (χ0) is 17.5. The number of aromatic hydroxyl groups is 1. The summed E-state index contributed by atoms with van der Waals surface area (Å²) in [4.78, 5) is 11.9. The van der Waals surface area contributed by atoms with Crippen molar-refractivity contribution in [1.29, 1.82) is 0 Å². The molecule has 1 amide bonds. The maximum Gasteiger partial charge on any atom is 0.244 e. The number of carbonyl (C=O) groups is 1. The van der Waals surface area contributed by atoms with Crippen LogP contribution in [0.2, 0.25) is 0 Å². The van der Waals surface area contributed by atoms with E-state index in [1.54, 1.807) is 31.4 Å². The van der Waals surface area contributed by atoms with Gasteiger partial charge in [0.2, 0.25) is 5.91 Å². The van der Waals surface area contributed by atoms with Crippen LogP contribution in [-0.2, 0) is 11.2 Å². The first-order chi connectivity index (χ1) is 11.5. The lowest BCUT2D eigenvalue weighted by Crippen LogP contribution is -2.19. The van der Waals surface area contributed by atoms with Crippen molar-refractivity contribution >= 4 is 28.1 Å². The van der Waals surface area contributed by atoms with E-state index in [9.17, 15) is 9.90 Å². The summed E-state index contributed by atoms with van der Waals surface area (Å²) in [7, 11) is 3.11. The SMILES string of the molecule is COc1ccc(CC(=O)N/N=C\c2cc(OC)cc(Br)c2O)cc1. The lowest BCUT2D eigenvalue weighted by molar-refractivity contribution is -0.120. The molecule has 2 aromatic carbocycles. The van der Waals surface area contributed by atoms with Crippen LogP contribution in [-0.4, -0.2) is 31.4 Å². The fraction of sp³-hybridized carbons (Fsp3) is 0.176. The van der Waals surface area contributed by atoms with Crippen LogP contribution in [0.5, 0.6) is 17.2 Å². The molecule has 0 atom stereocenters. The Labute approximate surface area is 148 Å². The number of nitrogens with one attached hydrogen (secondary N) is 1. The van der Waals surface area contributed by atoms with Crippen LogP contribution in [0.25, 0.3) is 0 Å². The van der Waals surface area contributed by atoms with Crippen molar-refractivity contribution in [2.75, 3.05) is 14.2 Å². The topological polar surface area (TPSA) is 80.2 Å². The molecule has 126 valence electrons. The lowest BCUT2D eigenvalue weighted by atomic mass is 10.1. The van der Waals surface area contributed by atoms with Crippen LogP contribution >= 0.6 is 15.9 Å². The standard InChI is InChI=1S/C17H17BrN2O4/c1-23-13-5-3-11(4-6-13)7-16(21)20-19-10-12-8-14(24-2)9-15(18)17(12)22/h3-6,8-10,22H,7H2,1-2H3,(H,20,21)/b19-10-. The number of amides is 1. The summed E-state index contributed by atoms with van der Waals surface area (Å²) in [6.07, 6.45) is 1.55. The molecule has 0 fully saturated rings. The Kier molecular flexibility index (Phi) is 6.20. The molecule has 0 radical (unpaired) electrons. The summed E-state index contributed by atoms with van der Waals surface area (Å²) < 4.78 is 10.7. The van der Waals surface area contributed by atoms with Crippen LogP contribution < -0.4 is 14.9 Å². The van der Waals surface area contributed by atoms with Crippen molar-refractivity contribution in [3.63, 3.8) is 0 Å². The van der Waals surface area contributed by atoms with Crippen LogP contribution in [0.4, 0.5) is 0 Å². The van der Waals surface area contributed by atoms with E-state index in [0.717, 1.165) is 11.3 Å². The average Bonchev–Trinajstić information content (AvgIpc) is 2.59. The van der Waals surface area contributed by atoms with Crippen molar-refractivity contribution in [3.8, 4) is 17.2 Å². The lowest BCUT2D eigenvalue weighted by Gasteiger charge is -2.06. The molecular weight excluding hydrogens is 376 g/mol. The van der Waals surface area contributed by atoms with E-state index in [0.29, 0.717) is 15.8 Å². The van der Waals surface area contributed by atoms with Crippen molar-refractivity contribution in [3.05, 3.63) is 52.0 Å². The molecule has 0 spiro atoms. The first-order valence-corrected chi connectivity index (χ1v) is 7.84. The van der Waals surface area contributed by atoms with Crippen molar-refractivity contribution in [2.24, 2.45) is 5.10 Å². The number of rotatable bonds is 6. The first kappa shape index (κ1) is 17.8. The molecule has 7 heteroatoms. The van der Waals surface area contributed by atoms with Gasteiger partial charge in [-0.1, -0.05) is 12.1 Å². The largest absolute Gasteiger partial charge is 0.506 e. The van der Waals surface area contributed by atoms with Crippen LogP contribution in [0, 0.1) is 0 Å². The van der Waals surface area contributed by atoms with E-state index < -0.39 is 0 Å². The van der Waals surface area contributed by atoms with Gasteiger partial charge in [0.1, 0.15) is 17.2 Å². The van der Waals surface area contributed by atoms with Gasteiger partial charge in [-0.25, -0.2) is 5.43 Å². The van der Waals surface area contributed by atoms with Gasteiger partial charge in [0, 0.05) is 5.56 Å². The highest BCUT2D eigenvalue weighted by atomic mass is 79.9. The fourth-order valence-corrected chi connectivity index (χ4v) is 2.41. The van der Waals surface area contributed by atoms with E-state index in [1.165, 1.54) is 13.3 Å². The Morgan fingerprint density at radius 3 is 2.50 bits per heavy atom. The number of ether oxygens (including phenoxy) is 2. The quantitative estimate of drug-likeness (QED) is 0.584. The van der Waals surface area contributed by atoms with Crippen molar-refractivity contribution in [2.45, 2.75) is 6.42 Å². The number of nitrogens with zero attached hydrogens (tertiary/aromatic N) is 1. The van der Waals surface area contributed by atoms with E-state index in [1.807, 2.05) is 12.1 Å². The minimum atomic E-state index is -0.266. The number of phenolic OH excluding ortho intramolecular Hbond substituents is 1. The Balaban J connectivity index is 1.98. The van der Waals surface area contributed by atoms with Gasteiger partial charge in [-0.3, -0.25) is 4.79 Å². The highest BCUT2D eigenvalue weighted by Crippen LogP contribution is 2.31. The molecule has 24 heavy (non-hydrogen) atoms. The van der Waals surface area contributed by atoms with Crippen molar-refractivity contribution < 1.29 is 19.4 Å². The van der Waals surface area contributed by atoms with Crippen molar-refractivity contribution in [1.82, 2.24) is 5.43 Å². The fourth-order valence-electron chi connectivity index (χ4n) is 1.95. The van der Waals surface area contributed by atoms with E-state index in [4.69, 9.17) is 9.47 Å². The van der Waals surface area contributed by atoms with Crippen LogP contribution in [0.1, 0.15) is 11.1 Å². The first-order valence-electron chi connectivity index (χ1n) is 7.05. The molecule has 0 aliphatic carbocycles. The predicted octanol–water partition coefficient (Wildman–Crippen LogP) is 2.86. The maximum absolute atomic E-state index is 11.9. The predicted molar refractivity (Wildman–Crippen MR) is 94.8 cm³/mol. The van der Waals surface area contributed by atoms with Gasteiger partial charge in [-0.15, -0.1) is 0 Å². The van der Waals surface area contributed by atoms with Gasteiger partial charge in [-0.2, -0.15) is 5.10 Å². The Morgan fingerprint density at radius 2 is 1.88 bits per heavy atom. The third-order valence-corrected chi connectivity index (χ3v) is 3.82. The van der Waals surface area contributed by atoms with Gasteiger partial charge in [0.25, 0.3) is 0 Å². The number of phenols is 1. The third kappa shape index (κ3) is 4.73. The number of hydrogen-bond acceptors (Lipinski definition) is 5. The molecule has 0 saturated heterocycles. The monoisotopic (exact) mass is 392 g/mol. The Bertz CT molecular complexity index is 745. The van der Waals surface area contributed by atoms with Gasteiger partial charge >= 0.3 is 0 Å². The number of methoxy groups -OCH3 is 2. The van der Waals surface area contributed by atoms with Gasteiger partial charge in [-0.05, 0) is 45.8 Å². The molecule has 0 saturated carbocycles. The second-order valence-electron chi connectivity index (χ2n) is 4.87. The van der Waals surface area contributed by atoms with E-state index in [2.05, 4.69) is 26.5 Å². The smallest absolute Gasteiger partial charge is 0.244 e. The van der Waals surface area contributed by atoms with Gasteiger partial charge < -0.3 is 14.6 Å². The second-order valence-corrected chi connectivity index (χ2v) is 5.72. The number of hydrogen-bond donors (Lipinski definition) is 2. The molecule has 0 unspecified atom stereocenters. The Morgan fingerprint density at radius 1 is 1.21 bits per heavy atom. The highest BCUT2D eigenvalue weighted by Gasteiger charge is 2.07. The molecule has 2 aromatic rings. The second kappa shape index (κ2) is 8.35. The minimum Gasteiger partial charge on any atom is -0.506 e. The normalized spacial score (nSPS) is 10.6. The highest BCUT2D eigenvalue weighted by molar-refractivity contribution is 9.10. The summed E-state index contributed by atoms with van der Waals surface area (Å²) in [6.45, 7) is 0. The molecule has 0 bridgehead atoms. The molecule has 0 aliphatic heterocycles. The van der Waals surface area contributed by atoms with Gasteiger partial charge in [0.05, 0.1) is 31.3 Å². The summed E-state index contributed by atoms with van der Waals surface area (Å²) in [5.74, 6) is 1.05. The summed E-state index contributed by atoms with van der Waals surface area (Å²) in [5.41, 5.74) is 3.69. The Hall–Kier alpha value is -2.54. The third-order valence-electron chi connectivity index (χ3n) is 3.22. The molecule has 2 N–H and O–H groups in total. The molecule has 6 nitrogen and oxygen atoms in total. The molecule has 2 rings (SSSR count). The summed E-state index contributed by atoms with van der Waals surface area (Å²) >= 11 is 3.23. The van der Waals surface area contributed by atoms with E-state index in [-0.39, 0.29) is 18.1 Å². The molecule has 0 aromatic heterocycles.